The van der Waals surface area contributed by atoms with E-state index in [0.717, 1.165) is 37.3 Å². The molecule has 0 aliphatic carbocycles. The zero-order valence-electron chi connectivity index (χ0n) is 19.5. The smallest absolute Gasteiger partial charge is 0.295 e. The number of likely N-dealkylation sites (tertiary alicyclic amines) is 1. The fourth-order valence-electron chi connectivity index (χ4n) is 4.46. The van der Waals surface area contributed by atoms with E-state index in [-0.39, 0.29) is 11.3 Å². The number of benzene rings is 2. The second-order valence-corrected chi connectivity index (χ2v) is 9.23. The van der Waals surface area contributed by atoms with E-state index in [1.54, 1.807) is 29.2 Å². The van der Waals surface area contributed by atoms with Gasteiger partial charge in [-0.15, -0.1) is 0 Å². The maximum absolute atomic E-state index is 13.2. The van der Waals surface area contributed by atoms with Gasteiger partial charge in [0, 0.05) is 56.5 Å². The lowest BCUT2D eigenvalue weighted by molar-refractivity contribution is -0.140. The summed E-state index contributed by atoms with van der Waals surface area (Å²) in [5.74, 6) is -1.44. The highest BCUT2D eigenvalue weighted by Gasteiger charge is 2.45. The van der Waals surface area contributed by atoms with Crippen molar-refractivity contribution >= 4 is 34.7 Å². The molecule has 8 heteroatoms. The van der Waals surface area contributed by atoms with Crippen LogP contribution in [0.25, 0.3) is 5.76 Å². The minimum Gasteiger partial charge on any atom is -0.507 e. The van der Waals surface area contributed by atoms with Crippen LogP contribution in [0.3, 0.4) is 0 Å². The number of halogens is 1. The van der Waals surface area contributed by atoms with E-state index < -0.39 is 17.7 Å². The highest BCUT2D eigenvalue weighted by atomic mass is 35.5. The quantitative estimate of drug-likeness (QED) is 0.369. The van der Waals surface area contributed by atoms with Gasteiger partial charge in [-0.25, -0.2) is 0 Å². The number of carbonyl (C=O) groups excluding carboxylic acids is 2. The molecular weight excluding hydrogens is 454 g/mol. The van der Waals surface area contributed by atoms with E-state index in [1.165, 1.54) is 0 Å². The molecule has 0 aromatic heterocycles. The predicted octanol–water partition coefficient (Wildman–Crippen LogP) is 3.55. The van der Waals surface area contributed by atoms with E-state index >= 15 is 0 Å². The third-order valence-electron chi connectivity index (χ3n) is 6.36. The first-order valence-corrected chi connectivity index (χ1v) is 11.9. The molecule has 1 atom stereocenters. The van der Waals surface area contributed by atoms with Crippen molar-refractivity contribution in [1.29, 1.82) is 0 Å². The molecule has 2 aliphatic heterocycles. The molecule has 2 fully saturated rings. The average Bonchev–Trinajstić information content (AvgIpc) is 3.10. The van der Waals surface area contributed by atoms with Gasteiger partial charge in [-0.2, -0.15) is 0 Å². The van der Waals surface area contributed by atoms with Crippen molar-refractivity contribution in [3.05, 3.63) is 70.3 Å². The lowest BCUT2D eigenvalue weighted by Crippen LogP contribution is -2.38. The molecule has 0 unspecified atom stereocenters. The molecule has 180 valence electrons. The molecule has 1 amide bonds. The van der Waals surface area contributed by atoms with Crippen molar-refractivity contribution in [2.24, 2.45) is 0 Å². The number of ether oxygens (including phenoxy) is 1. The number of Topliss-reactive ketones (excluding diaryl/α,β-unsaturated/α-hetero) is 1. The van der Waals surface area contributed by atoms with Crippen LogP contribution in [0.4, 0.5) is 5.69 Å². The van der Waals surface area contributed by atoms with Crippen LogP contribution in [0.15, 0.2) is 54.1 Å². The maximum Gasteiger partial charge on any atom is 0.295 e. The minimum absolute atomic E-state index is 0.108. The van der Waals surface area contributed by atoms with Crippen molar-refractivity contribution < 1.29 is 19.4 Å². The Balaban J connectivity index is 1.67. The molecule has 2 aromatic carbocycles. The number of rotatable bonds is 7. The number of carbonyl (C=O) groups is 2. The number of ketones is 1. The Hall–Kier alpha value is -2.87. The Morgan fingerprint density at radius 1 is 1.03 bits per heavy atom. The summed E-state index contributed by atoms with van der Waals surface area (Å²) >= 11 is 5.99. The van der Waals surface area contributed by atoms with E-state index in [4.69, 9.17) is 16.3 Å². The molecule has 7 nitrogen and oxygen atoms in total. The molecule has 0 radical (unpaired) electrons. The van der Waals surface area contributed by atoms with Gasteiger partial charge in [0.2, 0.25) is 0 Å². The molecule has 1 N–H and O–H groups in total. The van der Waals surface area contributed by atoms with Gasteiger partial charge in [-0.05, 0) is 48.4 Å². The molecule has 2 aromatic rings. The fraction of sp³-hybridized carbons (Fsp3) is 0.385. The van der Waals surface area contributed by atoms with E-state index in [0.29, 0.717) is 30.3 Å². The number of hydrogen-bond acceptors (Lipinski definition) is 6. The maximum atomic E-state index is 13.2. The van der Waals surface area contributed by atoms with Crippen LogP contribution >= 0.6 is 11.6 Å². The molecule has 2 saturated heterocycles. The van der Waals surface area contributed by atoms with Crippen molar-refractivity contribution in [3.63, 3.8) is 0 Å². The standard InChI is InChI=1S/C26H30ClN3O4/c1-28(2)21-10-6-18(7-11-21)23-22(24(31)19-4-8-20(27)9-5-19)25(32)26(33)30(23)13-3-12-29-14-16-34-17-15-29/h4-11,23,31H,3,12-17H2,1-2H3/b24-22+/t23-/m0/s1. The normalized spacial score (nSPS) is 20.7. The van der Waals surface area contributed by atoms with Gasteiger partial charge in [-0.1, -0.05) is 23.7 Å². The lowest BCUT2D eigenvalue weighted by Gasteiger charge is -2.29. The van der Waals surface area contributed by atoms with Crippen molar-refractivity contribution in [2.45, 2.75) is 12.5 Å². The van der Waals surface area contributed by atoms with Crippen LogP contribution < -0.4 is 4.90 Å². The molecule has 2 aliphatic rings. The number of aliphatic hydroxyl groups is 1. The van der Waals surface area contributed by atoms with Crippen LogP contribution in [0, 0.1) is 0 Å². The third kappa shape index (κ3) is 5.12. The molecular formula is C26H30ClN3O4. The van der Waals surface area contributed by atoms with Crippen molar-refractivity contribution in [1.82, 2.24) is 9.80 Å². The van der Waals surface area contributed by atoms with Crippen LogP contribution in [-0.2, 0) is 14.3 Å². The highest BCUT2D eigenvalue weighted by Crippen LogP contribution is 2.40. The molecule has 34 heavy (non-hydrogen) atoms. The first-order valence-electron chi connectivity index (χ1n) is 11.5. The Kier molecular flexibility index (Phi) is 7.56. The second kappa shape index (κ2) is 10.6. The summed E-state index contributed by atoms with van der Waals surface area (Å²) in [7, 11) is 3.90. The third-order valence-corrected chi connectivity index (χ3v) is 6.61. The number of hydrogen-bond donors (Lipinski definition) is 1. The zero-order chi connectivity index (χ0) is 24.2. The first-order chi connectivity index (χ1) is 16.4. The average molecular weight is 484 g/mol. The molecule has 0 spiro atoms. The summed E-state index contributed by atoms with van der Waals surface area (Å²) in [5.41, 5.74) is 2.35. The molecule has 4 rings (SSSR count). The zero-order valence-corrected chi connectivity index (χ0v) is 20.3. The van der Waals surface area contributed by atoms with Crippen LogP contribution in [0.5, 0.6) is 0 Å². The fourth-order valence-corrected chi connectivity index (χ4v) is 4.59. The van der Waals surface area contributed by atoms with Crippen LogP contribution in [0.1, 0.15) is 23.6 Å². The predicted molar refractivity (Wildman–Crippen MR) is 133 cm³/mol. The topological polar surface area (TPSA) is 73.3 Å². The van der Waals surface area contributed by atoms with Gasteiger partial charge in [0.25, 0.3) is 11.7 Å². The summed E-state index contributed by atoms with van der Waals surface area (Å²) < 4.78 is 5.41. The SMILES string of the molecule is CN(C)c1ccc([C@H]2/C(=C(\O)c3ccc(Cl)cc3)C(=O)C(=O)N2CCCN2CCOCC2)cc1. The summed E-state index contributed by atoms with van der Waals surface area (Å²) in [6.07, 6.45) is 0.723. The summed E-state index contributed by atoms with van der Waals surface area (Å²) in [5, 5.41) is 11.7. The van der Waals surface area contributed by atoms with E-state index in [2.05, 4.69) is 4.90 Å². The van der Waals surface area contributed by atoms with Gasteiger partial charge >= 0.3 is 0 Å². The van der Waals surface area contributed by atoms with Crippen LogP contribution in [-0.4, -0.2) is 80.1 Å². The van der Waals surface area contributed by atoms with Gasteiger partial charge in [0.15, 0.2) is 0 Å². The molecule has 0 saturated carbocycles. The highest BCUT2D eigenvalue weighted by molar-refractivity contribution is 6.46. The second-order valence-electron chi connectivity index (χ2n) is 8.79. The van der Waals surface area contributed by atoms with Gasteiger partial charge in [0.1, 0.15) is 5.76 Å². The number of aliphatic hydroxyl groups excluding tert-OH is 1. The number of anilines is 1. The number of amides is 1. The van der Waals surface area contributed by atoms with E-state index in [9.17, 15) is 14.7 Å². The van der Waals surface area contributed by atoms with Crippen molar-refractivity contribution in [2.75, 3.05) is 58.4 Å². The molecule has 2 heterocycles. The Morgan fingerprint density at radius 3 is 2.29 bits per heavy atom. The largest absolute Gasteiger partial charge is 0.507 e. The first kappa shape index (κ1) is 24.3. The van der Waals surface area contributed by atoms with Gasteiger partial charge < -0.3 is 19.6 Å². The van der Waals surface area contributed by atoms with Crippen LogP contribution in [0.2, 0.25) is 5.02 Å². The summed E-state index contributed by atoms with van der Waals surface area (Å²) in [6, 6.07) is 13.7. The minimum atomic E-state index is -0.666. The monoisotopic (exact) mass is 483 g/mol. The van der Waals surface area contributed by atoms with Gasteiger partial charge in [-0.3, -0.25) is 14.5 Å². The Bertz CT molecular complexity index is 1060. The molecule has 0 bridgehead atoms. The van der Waals surface area contributed by atoms with E-state index in [1.807, 2.05) is 43.3 Å². The summed E-state index contributed by atoms with van der Waals surface area (Å²) in [4.78, 5) is 32.1. The van der Waals surface area contributed by atoms with Gasteiger partial charge in [0.05, 0.1) is 24.8 Å². The number of morpholine rings is 1. The lowest BCUT2D eigenvalue weighted by atomic mass is 9.95. The number of nitrogens with zero attached hydrogens (tertiary/aromatic N) is 3. The van der Waals surface area contributed by atoms with Crippen molar-refractivity contribution in [3.8, 4) is 0 Å². The Morgan fingerprint density at radius 2 is 1.68 bits per heavy atom. The summed E-state index contributed by atoms with van der Waals surface area (Å²) in [6.45, 7) is 4.39. The Labute approximate surface area is 205 Å².